The van der Waals surface area contributed by atoms with Crippen molar-refractivity contribution in [3.05, 3.63) is 85.2 Å². The molecule has 0 radical (unpaired) electrons. The minimum Gasteiger partial charge on any atom is -0.491 e. The molecule has 4 aromatic heterocycles. The molecule has 2 saturated heterocycles. The number of anilines is 1. The van der Waals surface area contributed by atoms with Crippen LogP contribution in [0.5, 0.6) is 5.75 Å². The van der Waals surface area contributed by atoms with Gasteiger partial charge in [0.2, 0.25) is 16.9 Å². The second kappa shape index (κ2) is 22.0. The number of carbonyl (C=O) groups excluding carboxylic acids is 2. The van der Waals surface area contributed by atoms with Gasteiger partial charge in [-0.1, -0.05) is 18.2 Å². The molecule has 0 spiro atoms. The standard InChI is InChI=1S/C41H48N9O19P3/c1-23(51)24-8-6-16-49(18-24)40-36(55)34(53)29(66-40)19-64-71(59,60)69-72(61,62)65-20-30-35(54)37(68-70(56,57)58)41(67-30)50-22-46-33-38(44-21-45-39(33)50)43-15-14-42-31(52)13-7-17-63-28-12-5-11-27-32(28)47-25-9-3-4-10-26(25)48(27)2/h3-6,8-12,16,18,21-22,29-30,34-37,40-41,53-55H,7,13-15,17,19-20H2,1-2H3,(H4-2,42,43,44,45,52,56,57,58,59,60,61,62)/p+2. The van der Waals surface area contributed by atoms with Crippen LogP contribution in [0.4, 0.5) is 5.82 Å². The van der Waals surface area contributed by atoms with Crippen LogP contribution in [0.25, 0.3) is 33.2 Å². The molecule has 0 aliphatic carbocycles. The van der Waals surface area contributed by atoms with E-state index in [2.05, 4.69) is 29.9 Å². The van der Waals surface area contributed by atoms with Gasteiger partial charge in [-0.3, -0.25) is 27.7 Å². The largest absolute Gasteiger partial charge is 0.491 e. The van der Waals surface area contributed by atoms with Gasteiger partial charge in [-0.25, -0.2) is 33.6 Å². The summed E-state index contributed by atoms with van der Waals surface area (Å²) in [6.07, 6.45) is -7.68. The highest BCUT2D eigenvalue weighted by Crippen LogP contribution is 2.61. The first-order chi connectivity index (χ1) is 34.2. The third-order valence-corrected chi connectivity index (χ3v) is 14.6. The van der Waals surface area contributed by atoms with E-state index in [1.54, 1.807) is 0 Å². The number of aliphatic hydroxyl groups is 3. The molecule has 2 aliphatic rings. The highest BCUT2D eigenvalue weighted by atomic mass is 31.3. The Balaban J connectivity index is 0.824. The summed E-state index contributed by atoms with van der Waals surface area (Å²) in [6.45, 7) is -0.154. The van der Waals surface area contributed by atoms with Crippen LogP contribution >= 0.6 is 23.5 Å². The Kier molecular flexibility index (Phi) is 16.2. The lowest BCUT2D eigenvalue weighted by Gasteiger charge is -2.22. The summed E-state index contributed by atoms with van der Waals surface area (Å²) in [5.41, 5.74) is 3.77. The van der Waals surface area contributed by atoms with Crippen molar-refractivity contribution in [1.29, 1.82) is 0 Å². The number of aliphatic hydroxyl groups excluding tert-OH is 3. The maximum Gasteiger partial charge on any atom is 0.481 e. The lowest BCUT2D eigenvalue weighted by molar-refractivity contribution is -0.765. The number of carbonyl (C=O) groups is 2. The number of aromatic nitrogens is 7. The first kappa shape index (κ1) is 53.0. The molecule has 0 bridgehead atoms. The Labute approximate surface area is 407 Å². The number of aryl methyl sites for hydroxylation is 1. The van der Waals surface area contributed by atoms with Crippen LogP contribution in [0.15, 0.2) is 79.6 Å². The van der Waals surface area contributed by atoms with Crippen molar-refractivity contribution in [3.63, 3.8) is 0 Å². The summed E-state index contributed by atoms with van der Waals surface area (Å²) in [5, 5.41) is 38.0. The monoisotopic (exact) mass is 1070 g/mol. The zero-order valence-electron chi connectivity index (χ0n) is 38.1. The number of Topliss-reactive ketones (excluding diaryl/α,β-unsaturated/α-hetero) is 1. The van der Waals surface area contributed by atoms with Crippen LogP contribution in [0, 0.1) is 0 Å². The van der Waals surface area contributed by atoms with Crippen molar-refractivity contribution in [2.75, 3.05) is 38.2 Å². The fourth-order valence-electron chi connectivity index (χ4n) is 7.99. The van der Waals surface area contributed by atoms with Gasteiger partial charge in [-0.15, -0.1) is 0 Å². The highest BCUT2D eigenvalue weighted by Gasteiger charge is 2.52. The number of ether oxygens (including phenoxy) is 3. The van der Waals surface area contributed by atoms with Gasteiger partial charge in [0.25, 0.3) is 6.23 Å². The summed E-state index contributed by atoms with van der Waals surface area (Å²) in [5.74, 6) is 0.237. The van der Waals surface area contributed by atoms with Crippen molar-refractivity contribution >= 4 is 74.2 Å². The number of para-hydroxylation sites is 3. The molecule has 10 atom stereocenters. The number of amides is 1. The minimum absolute atomic E-state index is 0.00542. The average molecular weight is 1070 g/mol. The molecule has 2 aliphatic heterocycles. The SMILES string of the molecule is CC(=O)c1ccc[n+](C2OC(COP(=O)(O)OP(=O)(O)OCC3OC(n4cnc5c(NCCNC(=O)CCCOc6cccc7c6nc6ccccc6[n+]7C)ncnc54)C(OP(=O)(O)O)C3O)C(O)C2O)c1. The molecule has 72 heavy (non-hydrogen) atoms. The Hall–Kier alpha value is -5.35. The smallest absolute Gasteiger partial charge is 0.481 e. The molecular formula is C41H50N9O19P3+2. The van der Waals surface area contributed by atoms with E-state index < -0.39 is 85.8 Å². The number of rotatable bonds is 22. The maximum atomic E-state index is 12.9. The number of hydrogen-bond acceptors (Lipinski definition) is 20. The van der Waals surface area contributed by atoms with Gasteiger partial charge in [0.15, 0.2) is 58.8 Å². The van der Waals surface area contributed by atoms with Gasteiger partial charge in [0, 0.05) is 37.7 Å². The van der Waals surface area contributed by atoms with Gasteiger partial charge < -0.3 is 59.7 Å². The van der Waals surface area contributed by atoms with Gasteiger partial charge >= 0.3 is 23.5 Å². The topological polar surface area (TPSA) is 380 Å². The summed E-state index contributed by atoms with van der Waals surface area (Å²) in [4.78, 5) is 82.0. The normalized spacial score (nSPS) is 24.1. The number of imidazole rings is 1. The fourth-order valence-corrected chi connectivity index (χ4v) is 10.6. The predicted molar refractivity (Wildman–Crippen MR) is 244 cm³/mol. The third kappa shape index (κ3) is 12.3. The number of hydrogen-bond donors (Lipinski definition) is 9. The Morgan fingerprint density at radius 3 is 2.29 bits per heavy atom. The van der Waals surface area contributed by atoms with Crippen LogP contribution in [0.3, 0.4) is 0 Å². The minimum atomic E-state index is -5.59. The van der Waals surface area contributed by atoms with Gasteiger partial charge in [0.1, 0.15) is 49.4 Å². The van der Waals surface area contributed by atoms with Crippen molar-refractivity contribution in [3.8, 4) is 5.75 Å². The molecule has 31 heteroatoms. The van der Waals surface area contributed by atoms with E-state index in [-0.39, 0.29) is 60.4 Å². The lowest BCUT2D eigenvalue weighted by atomic mass is 10.1. The van der Waals surface area contributed by atoms with E-state index >= 15 is 0 Å². The maximum absolute atomic E-state index is 12.9. The molecule has 28 nitrogen and oxygen atoms in total. The molecule has 9 N–H and O–H groups in total. The summed E-state index contributed by atoms with van der Waals surface area (Å²) in [6, 6.07) is 16.4. The van der Waals surface area contributed by atoms with Gasteiger partial charge in [-0.05, 0) is 31.5 Å². The highest BCUT2D eigenvalue weighted by molar-refractivity contribution is 7.61. The molecule has 1 amide bonds. The van der Waals surface area contributed by atoms with Crippen molar-refractivity contribution < 1.29 is 99.4 Å². The number of pyridine rings is 1. The number of fused-ring (bicyclic) bond motifs is 3. The first-order valence-electron chi connectivity index (χ1n) is 21.9. The molecule has 10 unspecified atom stereocenters. The quantitative estimate of drug-likeness (QED) is 0.0147. The predicted octanol–water partition coefficient (Wildman–Crippen LogP) is 0.536. The van der Waals surface area contributed by atoms with Crippen molar-refractivity contribution in [1.82, 2.24) is 29.8 Å². The molecule has 0 saturated carbocycles. The van der Waals surface area contributed by atoms with E-state index in [4.69, 9.17) is 32.8 Å². The van der Waals surface area contributed by atoms with Crippen LogP contribution in [0.1, 0.15) is 42.6 Å². The van der Waals surface area contributed by atoms with Crippen LogP contribution in [-0.4, -0.2) is 141 Å². The molecule has 2 fully saturated rings. The summed E-state index contributed by atoms with van der Waals surface area (Å²) >= 11 is 0. The molecule has 2 aromatic carbocycles. The molecule has 6 aromatic rings. The number of phosphoric ester groups is 3. The zero-order chi connectivity index (χ0) is 51.5. The Morgan fingerprint density at radius 2 is 1.56 bits per heavy atom. The second-order valence-corrected chi connectivity index (χ2v) is 20.7. The van der Waals surface area contributed by atoms with Crippen molar-refractivity contribution in [2.45, 2.75) is 68.8 Å². The second-order valence-electron chi connectivity index (χ2n) is 16.4. The molecule has 6 heterocycles. The van der Waals surface area contributed by atoms with E-state index in [0.29, 0.717) is 17.7 Å². The zero-order valence-corrected chi connectivity index (χ0v) is 40.8. The molecule has 386 valence electrons. The van der Waals surface area contributed by atoms with Crippen LogP contribution in [0.2, 0.25) is 0 Å². The Morgan fingerprint density at radius 1 is 0.833 bits per heavy atom. The summed E-state index contributed by atoms with van der Waals surface area (Å²) < 4.78 is 78.3. The fraction of sp³-hybridized carbons (Fsp3) is 0.415. The van der Waals surface area contributed by atoms with E-state index in [9.17, 15) is 58.2 Å². The third-order valence-electron chi connectivity index (χ3n) is 11.4. The Bertz CT molecular complexity index is 3110. The van der Waals surface area contributed by atoms with E-state index in [1.807, 2.05) is 54.1 Å². The van der Waals surface area contributed by atoms with Crippen LogP contribution in [-0.2, 0) is 52.9 Å². The number of nitrogens with one attached hydrogen (secondary N) is 2. The lowest BCUT2D eigenvalue weighted by Crippen LogP contribution is -2.46. The number of benzene rings is 2. The molecule has 8 rings (SSSR count). The van der Waals surface area contributed by atoms with Gasteiger partial charge in [0.05, 0.1) is 31.7 Å². The van der Waals surface area contributed by atoms with E-state index in [1.165, 1.54) is 36.0 Å². The number of nitrogens with zero attached hydrogens (tertiary/aromatic N) is 7. The van der Waals surface area contributed by atoms with Crippen molar-refractivity contribution in [2.24, 2.45) is 7.05 Å². The first-order valence-corrected chi connectivity index (χ1v) is 26.5. The molecular weight excluding hydrogens is 1020 g/mol. The number of ketones is 1. The van der Waals surface area contributed by atoms with Gasteiger partial charge in [-0.2, -0.15) is 13.4 Å². The van der Waals surface area contributed by atoms with Crippen LogP contribution < -0.4 is 24.5 Å². The van der Waals surface area contributed by atoms with E-state index in [0.717, 1.165) is 33.8 Å². The summed E-state index contributed by atoms with van der Waals surface area (Å²) in [7, 11) is -14.5. The average Bonchev–Trinajstić information content (AvgIpc) is 3.99. The number of phosphoric acid groups is 3.